The molecular formula is C26H30N4O4. The number of rotatable bonds is 11. The molecule has 0 aliphatic carbocycles. The maximum Gasteiger partial charge on any atom is 0.261 e. The molecule has 0 spiro atoms. The molecule has 0 N–H and O–H groups in total. The molecule has 0 aromatic heterocycles. The van der Waals surface area contributed by atoms with Crippen molar-refractivity contribution in [1.29, 1.82) is 0 Å². The molecule has 2 aromatic rings. The summed E-state index contributed by atoms with van der Waals surface area (Å²) in [5.74, 6) is -0.829. The van der Waals surface area contributed by atoms with E-state index >= 15 is 0 Å². The molecule has 4 amide bonds. The van der Waals surface area contributed by atoms with Crippen LogP contribution in [0.2, 0.25) is 0 Å². The van der Waals surface area contributed by atoms with Crippen LogP contribution < -0.4 is 0 Å². The Morgan fingerprint density at radius 2 is 0.824 bits per heavy atom. The van der Waals surface area contributed by atoms with Gasteiger partial charge in [0.1, 0.15) is 0 Å². The summed E-state index contributed by atoms with van der Waals surface area (Å²) in [4.78, 5) is 56.8. The highest BCUT2D eigenvalue weighted by Crippen LogP contribution is 2.23. The standard InChI is InChI=1S/C26H30N4O4/c1-27(13-7-15-29-23(31)19-9-3-4-10-20(19)24(29)32)17-18-28(2)14-8-16-30-25(33)21-11-5-6-12-22(21)26(30)34/h3-6,9-12H,7-8,13-18H2,1-2H3. The highest BCUT2D eigenvalue weighted by Gasteiger charge is 2.35. The van der Waals surface area contributed by atoms with Crippen molar-refractivity contribution in [1.82, 2.24) is 19.6 Å². The predicted octanol–water partition coefficient (Wildman–Crippen LogP) is 2.22. The number of imide groups is 2. The van der Waals surface area contributed by atoms with E-state index in [9.17, 15) is 19.2 Å². The van der Waals surface area contributed by atoms with Crippen LogP contribution in [0.1, 0.15) is 54.3 Å². The summed E-state index contributed by atoms with van der Waals surface area (Å²) in [6.07, 6.45) is 1.43. The summed E-state index contributed by atoms with van der Waals surface area (Å²) < 4.78 is 0. The van der Waals surface area contributed by atoms with Gasteiger partial charge in [0, 0.05) is 26.2 Å². The van der Waals surface area contributed by atoms with E-state index in [1.165, 1.54) is 9.80 Å². The lowest BCUT2D eigenvalue weighted by Crippen LogP contribution is -2.36. The van der Waals surface area contributed by atoms with Gasteiger partial charge in [0.05, 0.1) is 22.3 Å². The SMILES string of the molecule is CN(CCCN1C(=O)c2ccccc2C1=O)CCN(C)CCCN1C(=O)c2ccccc2C1=O. The number of hydrogen-bond acceptors (Lipinski definition) is 6. The van der Waals surface area contributed by atoms with Crippen molar-refractivity contribution in [3.8, 4) is 0 Å². The molecule has 2 heterocycles. The van der Waals surface area contributed by atoms with Crippen LogP contribution in [0, 0.1) is 0 Å². The summed E-state index contributed by atoms with van der Waals surface area (Å²) in [6.45, 7) is 4.05. The van der Waals surface area contributed by atoms with Gasteiger partial charge >= 0.3 is 0 Å². The molecule has 0 radical (unpaired) electrons. The molecule has 0 saturated heterocycles. The first-order valence-electron chi connectivity index (χ1n) is 11.7. The van der Waals surface area contributed by atoms with Gasteiger partial charge in [-0.05, 0) is 64.3 Å². The van der Waals surface area contributed by atoms with Crippen LogP contribution in [0.15, 0.2) is 48.5 Å². The largest absolute Gasteiger partial charge is 0.305 e. The fraction of sp³-hybridized carbons (Fsp3) is 0.385. The first-order chi connectivity index (χ1) is 16.4. The number of nitrogens with zero attached hydrogens (tertiary/aromatic N) is 4. The Morgan fingerprint density at radius 3 is 1.12 bits per heavy atom. The molecule has 0 atom stereocenters. The first-order valence-corrected chi connectivity index (χ1v) is 11.7. The molecule has 2 aliphatic rings. The van der Waals surface area contributed by atoms with E-state index in [1.54, 1.807) is 48.5 Å². The first kappa shape index (κ1) is 23.8. The van der Waals surface area contributed by atoms with E-state index in [4.69, 9.17) is 0 Å². The minimum Gasteiger partial charge on any atom is -0.305 e. The fourth-order valence-corrected chi connectivity index (χ4v) is 4.45. The minimum atomic E-state index is -0.207. The van der Waals surface area contributed by atoms with Crippen LogP contribution in [0.5, 0.6) is 0 Å². The fourth-order valence-electron chi connectivity index (χ4n) is 4.45. The second-order valence-corrected chi connectivity index (χ2v) is 8.93. The predicted molar refractivity (Wildman–Crippen MR) is 128 cm³/mol. The van der Waals surface area contributed by atoms with Gasteiger partial charge in [-0.2, -0.15) is 0 Å². The zero-order valence-corrected chi connectivity index (χ0v) is 19.7. The van der Waals surface area contributed by atoms with Crippen LogP contribution in [0.4, 0.5) is 0 Å². The molecule has 2 aromatic carbocycles. The number of fused-ring (bicyclic) bond motifs is 2. The van der Waals surface area contributed by atoms with Crippen molar-refractivity contribution in [3.05, 3.63) is 70.8 Å². The van der Waals surface area contributed by atoms with E-state index in [2.05, 4.69) is 9.80 Å². The van der Waals surface area contributed by atoms with Crippen LogP contribution in [-0.2, 0) is 0 Å². The number of amides is 4. The van der Waals surface area contributed by atoms with Gasteiger partial charge in [-0.3, -0.25) is 29.0 Å². The topological polar surface area (TPSA) is 81.2 Å². The van der Waals surface area contributed by atoms with Gasteiger partial charge in [-0.25, -0.2) is 0 Å². The summed E-state index contributed by atoms with van der Waals surface area (Å²) in [7, 11) is 4.05. The summed E-state index contributed by atoms with van der Waals surface area (Å²) in [5, 5.41) is 0. The molecule has 34 heavy (non-hydrogen) atoms. The van der Waals surface area contributed by atoms with E-state index in [1.807, 2.05) is 14.1 Å². The Balaban J connectivity index is 1.13. The second-order valence-electron chi connectivity index (χ2n) is 8.93. The Labute approximate surface area is 199 Å². The Hall–Kier alpha value is -3.36. The van der Waals surface area contributed by atoms with Gasteiger partial charge in [0.2, 0.25) is 0 Å². The van der Waals surface area contributed by atoms with Crippen molar-refractivity contribution in [2.45, 2.75) is 12.8 Å². The van der Waals surface area contributed by atoms with E-state index in [0.717, 1.165) is 26.2 Å². The van der Waals surface area contributed by atoms with Crippen molar-refractivity contribution in [2.24, 2.45) is 0 Å². The van der Waals surface area contributed by atoms with Crippen molar-refractivity contribution in [3.63, 3.8) is 0 Å². The van der Waals surface area contributed by atoms with Crippen LogP contribution >= 0.6 is 0 Å². The minimum absolute atomic E-state index is 0.207. The van der Waals surface area contributed by atoms with E-state index in [-0.39, 0.29) is 23.6 Å². The maximum absolute atomic E-state index is 12.4. The average molecular weight is 463 g/mol. The van der Waals surface area contributed by atoms with Gasteiger partial charge in [-0.1, -0.05) is 24.3 Å². The van der Waals surface area contributed by atoms with Crippen molar-refractivity contribution < 1.29 is 19.2 Å². The maximum atomic E-state index is 12.4. The summed E-state index contributed by atoms with van der Waals surface area (Å²) in [5.41, 5.74) is 1.96. The third-order valence-corrected chi connectivity index (χ3v) is 6.46. The van der Waals surface area contributed by atoms with E-state index in [0.29, 0.717) is 48.2 Å². The molecule has 0 bridgehead atoms. The van der Waals surface area contributed by atoms with Crippen molar-refractivity contribution >= 4 is 23.6 Å². The number of hydrogen-bond donors (Lipinski definition) is 0. The number of benzene rings is 2. The smallest absolute Gasteiger partial charge is 0.261 e. The van der Waals surface area contributed by atoms with Crippen LogP contribution in [0.25, 0.3) is 0 Å². The molecule has 178 valence electrons. The zero-order valence-electron chi connectivity index (χ0n) is 19.7. The number of carbonyl (C=O) groups is 4. The highest BCUT2D eigenvalue weighted by molar-refractivity contribution is 6.22. The lowest BCUT2D eigenvalue weighted by atomic mass is 10.1. The lowest BCUT2D eigenvalue weighted by molar-refractivity contribution is 0.0630. The van der Waals surface area contributed by atoms with Crippen LogP contribution in [0.3, 0.4) is 0 Å². The number of likely N-dealkylation sites (N-methyl/N-ethyl adjacent to an activating group) is 2. The Morgan fingerprint density at radius 1 is 0.529 bits per heavy atom. The molecular weight excluding hydrogens is 432 g/mol. The normalized spacial score (nSPS) is 15.2. The molecule has 8 nitrogen and oxygen atoms in total. The third-order valence-electron chi connectivity index (χ3n) is 6.46. The zero-order chi connectivity index (χ0) is 24.2. The second kappa shape index (κ2) is 10.3. The van der Waals surface area contributed by atoms with Crippen molar-refractivity contribution in [2.75, 3.05) is 53.4 Å². The quantitative estimate of drug-likeness (QED) is 0.477. The molecule has 0 saturated carbocycles. The summed E-state index contributed by atoms with van der Waals surface area (Å²) >= 11 is 0. The third kappa shape index (κ3) is 4.78. The lowest BCUT2D eigenvalue weighted by Gasteiger charge is -2.23. The average Bonchev–Trinajstić information content (AvgIpc) is 3.23. The number of carbonyl (C=O) groups excluding carboxylic acids is 4. The summed E-state index contributed by atoms with van der Waals surface area (Å²) in [6, 6.07) is 13.9. The van der Waals surface area contributed by atoms with Gasteiger partial charge < -0.3 is 9.80 Å². The highest BCUT2D eigenvalue weighted by atomic mass is 16.2. The van der Waals surface area contributed by atoms with Crippen LogP contribution in [-0.4, -0.2) is 96.6 Å². The molecule has 0 fully saturated rings. The molecule has 4 rings (SSSR count). The van der Waals surface area contributed by atoms with Gasteiger partial charge in [-0.15, -0.1) is 0 Å². The molecule has 0 unspecified atom stereocenters. The monoisotopic (exact) mass is 462 g/mol. The van der Waals surface area contributed by atoms with Gasteiger partial charge in [0.25, 0.3) is 23.6 Å². The Kier molecular flexibility index (Phi) is 7.19. The Bertz CT molecular complexity index is 958. The van der Waals surface area contributed by atoms with Gasteiger partial charge in [0.15, 0.2) is 0 Å². The molecule has 8 heteroatoms. The van der Waals surface area contributed by atoms with E-state index < -0.39 is 0 Å². The molecule has 2 aliphatic heterocycles.